The summed E-state index contributed by atoms with van der Waals surface area (Å²) in [5, 5.41) is 2.83. The Balaban J connectivity index is 2.95. The van der Waals surface area contributed by atoms with Gasteiger partial charge in [0, 0.05) is 13.0 Å². The Morgan fingerprint density at radius 1 is 1.36 bits per heavy atom. The van der Waals surface area contributed by atoms with E-state index in [1.165, 1.54) is 12.8 Å². The molecular formula is C9H18NO. The molecule has 0 bridgehead atoms. The van der Waals surface area contributed by atoms with Crippen LogP contribution in [-0.2, 0) is 4.79 Å². The van der Waals surface area contributed by atoms with Gasteiger partial charge in [-0.25, -0.2) is 0 Å². The van der Waals surface area contributed by atoms with Crippen molar-refractivity contribution in [2.75, 3.05) is 6.54 Å². The first-order valence-corrected chi connectivity index (χ1v) is 4.37. The van der Waals surface area contributed by atoms with Crippen LogP contribution in [0.3, 0.4) is 0 Å². The Bertz CT molecular complexity index is 102. The molecule has 65 valence electrons. The van der Waals surface area contributed by atoms with Gasteiger partial charge in [0.25, 0.3) is 0 Å². The molecule has 0 unspecified atom stereocenters. The minimum Gasteiger partial charge on any atom is -0.356 e. The molecule has 0 rings (SSSR count). The lowest BCUT2D eigenvalue weighted by Crippen LogP contribution is -2.23. The molecule has 0 atom stereocenters. The molecule has 0 saturated carbocycles. The maximum Gasteiger partial charge on any atom is 0.219 e. The third-order valence-electron chi connectivity index (χ3n) is 1.57. The highest BCUT2D eigenvalue weighted by molar-refractivity contribution is 5.75. The van der Waals surface area contributed by atoms with E-state index < -0.39 is 0 Å². The minimum atomic E-state index is 0.152. The van der Waals surface area contributed by atoms with Crippen molar-refractivity contribution in [1.82, 2.24) is 5.32 Å². The number of unbranched alkanes of at least 4 members (excludes halogenated alkanes) is 3. The van der Waals surface area contributed by atoms with Crippen LogP contribution >= 0.6 is 0 Å². The molecule has 0 saturated heterocycles. The number of nitrogens with one attached hydrogen (secondary N) is 1. The van der Waals surface area contributed by atoms with Crippen LogP contribution in [0.25, 0.3) is 0 Å². The van der Waals surface area contributed by atoms with E-state index in [9.17, 15) is 4.79 Å². The fourth-order valence-electron chi connectivity index (χ4n) is 0.831. The van der Waals surface area contributed by atoms with Crippen LogP contribution in [-0.4, -0.2) is 12.5 Å². The molecule has 0 aliphatic rings. The van der Waals surface area contributed by atoms with Gasteiger partial charge < -0.3 is 5.32 Å². The molecule has 1 radical (unpaired) electrons. The van der Waals surface area contributed by atoms with Crippen LogP contribution in [0.1, 0.15) is 39.0 Å². The highest BCUT2D eigenvalue weighted by Gasteiger charge is 1.93. The Hall–Kier alpha value is -0.530. The predicted molar refractivity (Wildman–Crippen MR) is 47.1 cm³/mol. The Labute approximate surface area is 69.4 Å². The Morgan fingerprint density at radius 2 is 2.09 bits per heavy atom. The summed E-state index contributed by atoms with van der Waals surface area (Å²) in [6, 6.07) is 0. The molecule has 1 N–H and O–H groups in total. The fourth-order valence-corrected chi connectivity index (χ4v) is 0.831. The second kappa shape index (κ2) is 7.58. The van der Waals surface area contributed by atoms with Crippen molar-refractivity contribution in [3.63, 3.8) is 0 Å². The zero-order chi connectivity index (χ0) is 8.53. The van der Waals surface area contributed by atoms with Gasteiger partial charge in [-0.05, 0) is 6.42 Å². The molecule has 2 heteroatoms. The first kappa shape index (κ1) is 10.5. The summed E-state index contributed by atoms with van der Waals surface area (Å²) < 4.78 is 0. The largest absolute Gasteiger partial charge is 0.356 e. The van der Waals surface area contributed by atoms with Gasteiger partial charge in [-0.3, -0.25) is 4.79 Å². The topological polar surface area (TPSA) is 29.1 Å². The van der Waals surface area contributed by atoms with Crippen molar-refractivity contribution in [1.29, 1.82) is 0 Å². The lowest BCUT2D eigenvalue weighted by molar-refractivity contribution is -0.120. The van der Waals surface area contributed by atoms with Crippen molar-refractivity contribution in [3.05, 3.63) is 6.92 Å². The van der Waals surface area contributed by atoms with Crippen LogP contribution in [0.2, 0.25) is 0 Å². The first-order chi connectivity index (χ1) is 5.31. The van der Waals surface area contributed by atoms with E-state index in [0.717, 1.165) is 19.4 Å². The van der Waals surface area contributed by atoms with Gasteiger partial charge in [0.1, 0.15) is 0 Å². The van der Waals surface area contributed by atoms with E-state index in [1.807, 2.05) is 6.92 Å². The van der Waals surface area contributed by atoms with E-state index >= 15 is 0 Å². The molecule has 0 fully saturated rings. The van der Waals surface area contributed by atoms with E-state index in [4.69, 9.17) is 0 Å². The molecule has 0 aromatic heterocycles. The van der Waals surface area contributed by atoms with Gasteiger partial charge in [-0.2, -0.15) is 0 Å². The standard InChI is InChI=1S/C9H18NO/c1-3-5-6-7-8-10-9(11)4-2/h1,3-8H2,2H3,(H,10,11). The average Bonchev–Trinajstić information content (AvgIpc) is 2.04. The van der Waals surface area contributed by atoms with Crippen molar-refractivity contribution in [2.45, 2.75) is 39.0 Å². The maximum atomic E-state index is 10.7. The normalized spacial score (nSPS) is 9.64. The Kier molecular flexibility index (Phi) is 7.21. The predicted octanol–water partition coefficient (Wildman–Crippen LogP) is 1.91. The first-order valence-electron chi connectivity index (χ1n) is 4.37. The van der Waals surface area contributed by atoms with Gasteiger partial charge >= 0.3 is 0 Å². The summed E-state index contributed by atoms with van der Waals surface area (Å²) in [7, 11) is 0. The van der Waals surface area contributed by atoms with Crippen molar-refractivity contribution in [3.8, 4) is 0 Å². The molecule has 0 heterocycles. The molecule has 0 aromatic carbocycles. The third kappa shape index (κ3) is 7.37. The number of rotatable bonds is 6. The molecule has 2 nitrogen and oxygen atoms in total. The SMILES string of the molecule is [CH2]CCCCCNC(=O)CC. The maximum absolute atomic E-state index is 10.7. The number of carbonyl (C=O) groups is 1. The highest BCUT2D eigenvalue weighted by atomic mass is 16.1. The number of hydrogen-bond acceptors (Lipinski definition) is 1. The second-order valence-electron chi connectivity index (χ2n) is 2.62. The summed E-state index contributed by atoms with van der Waals surface area (Å²) in [6.07, 6.45) is 5.02. The van der Waals surface area contributed by atoms with Crippen molar-refractivity contribution in [2.24, 2.45) is 0 Å². The molecule has 0 aliphatic heterocycles. The van der Waals surface area contributed by atoms with Gasteiger partial charge in [0.2, 0.25) is 5.91 Å². The summed E-state index contributed by atoms with van der Waals surface area (Å²) >= 11 is 0. The molecule has 0 aromatic rings. The fraction of sp³-hybridized carbons (Fsp3) is 0.778. The lowest BCUT2D eigenvalue weighted by atomic mass is 10.2. The van der Waals surface area contributed by atoms with E-state index in [-0.39, 0.29) is 5.91 Å². The minimum absolute atomic E-state index is 0.152. The second-order valence-corrected chi connectivity index (χ2v) is 2.62. The van der Waals surface area contributed by atoms with Crippen LogP contribution in [0.5, 0.6) is 0 Å². The number of carbonyl (C=O) groups excluding carboxylic acids is 1. The van der Waals surface area contributed by atoms with Crippen LogP contribution < -0.4 is 5.32 Å². The van der Waals surface area contributed by atoms with Crippen molar-refractivity contribution >= 4 is 5.91 Å². The quantitative estimate of drug-likeness (QED) is 0.585. The van der Waals surface area contributed by atoms with Gasteiger partial charge in [0.05, 0.1) is 0 Å². The summed E-state index contributed by atoms with van der Waals surface area (Å²) in [5.74, 6) is 0.152. The summed E-state index contributed by atoms with van der Waals surface area (Å²) in [4.78, 5) is 10.7. The van der Waals surface area contributed by atoms with Crippen LogP contribution in [0.4, 0.5) is 0 Å². The van der Waals surface area contributed by atoms with Gasteiger partial charge in [-0.1, -0.05) is 33.1 Å². The lowest BCUT2D eigenvalue weighted by Gasteiger charge is -2.01. The number of hydrogen-bond donors (Lipinski definition) is 1. The zero-order valence-electron chi connectivity index (χ0n) is 7.36. The number of amides is 1. The van der Waals surface area contributed by atoms with Crippen LogP contribution in [0.15, 0.2) is 0 Å². The van der Waals surface area contributed by atoms with E-state index in [2.05, 4.69) is 12.2 Å². The van der Waals surface area contributed by atoms with E-state index in [1.54, 1.807) is 0 Å². The van der Waals surface area contributed by atoms with E-state index in [0.29, 0.717) is 6.42 Å². The van der Waals surface area contributed by atoms with Gasteiger partial charge in [-0.15, -0.1) is 0 Å². The average molecular weight is 156 g/mol. The molecular weight excluding hydrogens is 138 g/mol. The third-order valence-corrected chi connectivity index (χ3v) is 1.57. The monoisotopic (exact) mass is 156 g/mol. The zero-order valence-corrected chi connectivity index (χ0v) is 7.36. The smallest absolute Gasteiger partial charge is 0.219 e. The molecule has 0 spiro atoms. The highest BCUT2D eigenvalue weighted by Crippen LogP contribution is 1.96. The van der Waals surface area contributed by atoms with Crippen LogP contribution in [0, 0.1) is 6.92 Å². The summed E-state index contributed by atoms with van der Waals surface area (Å²) in [5.41, 5.74) is 0. The summed E-state index contributed by atoms with van der Waals surface area (Å²) in [6.45, 7) is 6.44. The Morgan fingerprint density at radius 3 is 2.64 bits per heavy atom. The molecule has 11 heavy (non-hydrogen) atoms. The van der Waals surface area contributed by atoms with Gasteiger partial charge in [0.15, 0.2) is 0 Å². The molecule has 1 amide bonds. The molecule has 0 aliphatic carbocycles. The van der Waals surface area contributed by atoms with Crippen molar-refractivity contribution < 1.29 is 4.79 Å².